The van der Waals surface area contributed by atoms with Gasteiger partial charge in [-0.1, -0.05) is 11.3 Å². The van der Waals surface area contributed by atoms with Crippen molar-refractivity contribution >= 4 is 32.7 Å². The number of likely N-dealkylation sites (tertiary alicyclic amines) is 1. The molecule has 0 saturated carbocycles. The summed E-state index contributed by atoms with van der Waals surface area (Å²) in [7, 11) is 0. The van der Waals surface area contributed by atoms with Crippen LogP contribution in [-0.2, 0) is 12.1 Å². The highest BCUT2D eigenvalue weighted by atomic mass is 32.1. The maximum Gasteiger partial charge on any atom is 0.321 e. The third-order valence-corrected chi connectivity index (χ3v) is 7.35. The van der Waals surface area contributed by atoms with E-state index in [9.17, 15) is 15.0 Å². The van der Waals surface area contributed by atoms with Gasteiger partial charge in [-0.2, -0.15) is 0 Å². The molecule has 4 N–H and O–H groups in total. The largest absolute Gasteiger partial charge is 0.392 e. The van der Waals surface area contributed by atoms with Crippen molar-refractivity contribution in [1.29, 1.82) is 0 Å². The number of thiazole rings is 1. The van der Waals surface area contributed by atoms with Crippen molar-refractivity contribution in [3.05, 3.63) is 54.2 Å². The first-order valence-corrected chi connectivity index (χ1v) is 13.4. The van der Waals surface area contributed by atoms with Gasteiger partial charge in [0, 0.05) is 55.9 Å². The van der Waals surface area contributed by atoms with Gasteiger partial charge in [-0.3, -0.25) is 15.2 Å². The summed E-state index contributed by atoms with van der Waals surface area (Å²) >= 11 is 1.39. The van der Waals surface area contributed by atoms with Gasteiger partial charge in [0.05, 0.1) is 22.0 Å². The van der Waals surface area contributed by atoms with Crippen molar-refractivity contribution in [3.63, 3.8) is 0 Å². The number of rotatable bonds is 7. The number of nitrogens with one attached hydrogen (secondary N) is 2. The lowest BCUT2D eigenvalue weighted by Crippen LogP contribution is -2.28. The van der Waals surface area contributed by atoms with Crippen LogP contribution in [0.2, 0.25) is 0 Å². The number of nitrogens with zero attached hydrogens (tertiary/aromatic N) is 5. The van der Waals surface area contributed by atoms with Crippen LogP contribution in [0.1, 0.15) is 38.6 Å². The van der Waals surface area contributed by atoms with E-state index in [1.165, 1.54) is 11.3 Å². The van der Waals surface area contributed by atoms with Crippen LogP contribution in [0, 0.1) is 0 Å². The Morgan fingerprint density at radius 2 is 1.97 bits per heavy atom. The third-order valence-electron chi connectivity index (χ3n) is 6.33. The van der Waals surface area contributed by atoms with E-state index >= 15 is 0 Å². The maximum absolute atomic E-state index is 12.2. The lowest BCUT2D eigenvalue weighted by Gasteiger charge is -2.16. The van der Waals surface area contributed by atoms with Gasteiger partial charge < -0.3 is 15.5 Å². The molecular formula is C27H31N7O3S. The summed E-state index contributed by atoms with van der Waals surface area (Å²) in [6.45, 7) is 7.92. The van der Waals surface area contributed by atoms with Gasteiger partial charge in [-0.05, 0) is 62.6 Å². The van der Waals surface area contributed by atoms with E-state index < -0.39 is 5.60 Å². The van der Waals surface area contributed by atoms with E-state index in [0.717, 1.165) is 57.7 Å². The minimum Gasteiger partial charge on any atom is -0.392 e. The zero-order valence-electron chi connectivity index (χ0n) is 21.6. The van der Waals surface area contributed by atoms with Gasteiger partial charge in [-0.25, -0.2) is 19.7 Å². The van der Waals surface area contributed by atoms with E-state index in [4.69, 9.17) is 0 Å². The Labute approximate surface area is 224 Å². The molecule has 0 aliphatic carbocycles. The Hall–Kier alpha value is -3.51. The van der Waals surface area contributed by atoms with Gasteiger partial charge in [0.15, 0.2) is 11.0 Å². The zero-order chi connectivity index (χ0) is 26.9. The minimum atomic E-state index is -1.14. The molecule has 0 spiro atoms. The molecule has 11 heteroatoms. The van der Waals surface area contributed by atoms with Crippen LogP contribution in [0.5, 0.6) is 0 Å². The number of anilines is 1. The monoisotopic (exact) mass is 533 g/mol. The van der Waals surface area contributed by atoms with Gasteiger partial charge in [0.2, 0.25) is 0 Å². The topological polar surface area (TPSA) is 136 Å². The number of pyridine rings is 1. The van der Waals surface area contributed by atoms with Crippen LogP contribution in [0.15, 0.2) is 42.9 Å². The van der Waals surface area contributed by atoms with E-state index in [-0.39, 0.29) is 12.1 Å². The van der Waals surface area contributed by atoms with Gasteiger partial charge >= 0.3 is 6.03 Å². The summed E-state index contributed by atoms with van der Waals surface area (Å²) in [5, 5.41) is 26.2. The molecule has 38 heavy (non-hydrogen) atoms. The van der Waals surface area contributed by atoms with Crippen LogP contribution < -0.4 is 10.6 Å². The van der Waals surface area contributed by atoms with Crippen molar-refractivity contribution in [2.45, 2.75) is 45.4 Å². The van der Waals surface area contributed by atoms with Crippen LogP contribution >= 0.6 is 11.3 Å². The number of aliphatic hydroxyl groups excluding tert-OH is 1. The second kappa shape index (κ2) is 10.7. The first-order chi connectivity index (χ1) is 18.2. The van der Waals surface area contributed by atoms with Crippen LogP contribution in [0.4, 0.5) is 9.93 Å². The lowest BCUT2D eigenvalue weighted by molar-refractivity contribution is 0.0687. The molecule has 3 aromatic heterocycles. The Morgan fingerprint density at radius 3 is 2.66 bits per heavy atom. The second-order valence-corrected chi connectivity index (χ2v) is 11.0. The van der Waals surface area contributed by atoms with Crippen molar-refractivity contribution in [1.82, 2.24) is 30.2 Å². The summed E-state index contributed by atoms with van der Waals surface area (Å²) in [6.07, 6.45) is 5.69. The highest BCUT2D eigenvalue weighted by Crippen LogP contribution is 2.38. The number of carbonyl (C=O) groups is 1. The van der Waals surface area contributed by atoms with Crippen LogP contribution in [0.3, 0.4) is 0 Å². The molecule has 2 amide bonds. The average molecular weight is 534 g/mol. The van der Waals surface area contributed by atoms with E-state index in [1.807, 2.05) is 25.1 Å². The van der Waals surface area contributed by atoms with E-state index in [0.29, 0.717) is 24.0 Å². The second-order valence-electron chi connectivity index (χ2n) is 9.96. The predicted molar refractivity (Wildman–Crippen MR) is 148 cm³/mol. The number of urea groups is 1. The standard InChI is InChI=1S/C27H31N7O3S/c1-4-28-25(36)33-26-32-22-11-17(18-12-30-24(31-13-18)27(2,3)37)10-20(23(22)38-26)21-9-16(5-7-29-21)14-34-8-6-19(35)15-34/h5,7,9-13,19,35,37H,4,6,8,14-15H2,1-3H3,(H2,28,32,33,36)/t19-/m1/s1. The fourth-order valence-electron chi connectivity index (χ4n) is 4.47. The van der Waals surface area contributed by atoms with E-state index in [1.54, 1.807) is 32.4 Å². The van der Waals surface area contributed by atoms with Crippen molar-refractivity contribution in [2.75, 3.05) is 25.0 Å². The molecule has 0 radical (unpaired) electrons. The molecule has 1 fully saturated rings. The molecule has 0 bridgehead atoms. The number of fused-ring (bicyclic) bond motifs is 1. The molecule has 198 valence electrons. The lowest BCUT2D eigenvalue weighted by atomic mass is 10.0. The fraction of sp³-hybridized carbons (Fsp3) is 0.370. The van der Waals surface area contributed by atoms with Crippen molar-refractivity contribution in [3.8, 4) is 22.4 Å². The quantitative estimate of drug-likeness (QED) is 0.282. The molecule has 4 heterocycles. The SMILES string of the molecule is CCNC(=O)Nc1nc2cc(-c3cnc(C(C)(C)O)nc3)cc(-c3cc(CN4CC[C@@H](O)C4)ccn3)c2s1. The third kappa shape index (κ3) is 5.81. The normalized spacial score (nSPS) is 16.2. The molecule has 1 atom stereocenters. The molecule has 10 nitrogen and oxygen atoms in total. The minimum absolute atomic E-state index is 0.273. The summed E-state index contributed by atoms with van der Waals surface area (Å²) in [5.41, 5.74) is 3.97. The van der Waals surface area contributed by atoms with Gasteiger partial charge in [-0.15, -0.1) is 0 Å². The first kappa shape index (κ1) is 26.1. The Balaban J connectivity index is 1.56. The number of aliphatic hydroxyl groups is 2. The van der Waals surface area contributed by atoms with Crippen LogP contribution in [0.25, 0.3) is 32.6 Å². The fourth-order valence-corrected chi connectivity index (χ4v) is 5.44. The van der Waals surface area contributed by atoms with Crippen molar-refractivity contribution in [2.24, 2.45) is 0 Å². The summed E-state index contributed by atoms with van der Waals surface area (Å²) < 4.78 is 0.899. The number of aromatic nitrogens is 4. The zero-order valence-corrected chi connectivity index (χ0v) is 22.4. The smallest absolute Gasteiger partial charge is 0.321 e. The Kier molecular flexibility index (Phi) is 7.35. The predicted octanol–water partition coefficient (Wildman–Crippen LogP) is 3.75. The molecular weight excluding hydrogens is 502 g/mol. The molecule has 4 aromatic rings. The number of carbonyl (C=O) groups excluding carboxylic acids is 1. The molecule has 1 saturated heterocycles. The summed E-state index contributed by atoms with van der Waals surface area (Å²) in [4.78, 5) is 32.5. The maximum atomic E-state index is 12.2. The molecule has 1 aliphatic heterocycles. The number of hydrogen-bond donors (Lipinski definition) is 4. The average Bonchev–Trinajstić information content (AvgIpc) is 3.48. The highest BCUT2D eigenvalue weighted by Gasteiger charge is 2.22. The molecule has 1 aliphatic rings. The summed E-state index contributed by atoms with van der Waals surface area (Å²) in [5.74, 6) is 0.339. The number of β-amino-alcohol motifs (C(OH)–C–C–N with tert-alkyl or cyclic N) is 1. The number of hydrogen-bond acceptors (Lipinski definition) is 9. The van der Waals surface area contributed by atoms with Gasteiger partial charge in [0.25, 0.3) is 0 Å². The number of benzene rings is 1. The first-order valence-electron chi connectivity index (χ1n) is 12.6. The number of amides is 2. The molecule has 1 aromatic carbocycles. The van der Waals surface area contributed by atoms with E-state index in [2.05, 4.69) is 41.5 Å². The Morgan fingerprint density at radius 1 is 1.18 bits per heavy atom. The summed E-state index contributed by atoms with van der Waals surface area (Å²) in [6, 6.07) is 7.72. The highest BCUT2D eigenvalue weighted by molar-refractivity contribution is 7.22. The molecule has 5 rings (SSSR count). The molecule has 0 unspecified atom stereocenters. The van der Waals surface area contributed by atoms with Gasteiger partial charge in [0.1, 0.15) is 5.60 Å². The van der Waals surface area contributed by atoms with Crippen molar-refractivity contribution < 1.29 is 15.0 Å². The van der Waals surface area contributed by atoms with Crippen LogP contribution in [-0.4, -0.2) is 66.8 Å². The Bertz CT molecular complexity index is 1450.